The molecule has 0 spiro atoms. The monoisotopic (exact) mass is 410 g/mol. The number of carbonyl (C=O) groups excluding carboxylic acids is 1. The van der Waals surface area contributed by atoms with Crippen molar-refractivity contribution in [2.45, 2.75) is 44.7 Å². The maximum atomic E-state index is 13.9. The Labute approximate surface area is 176 Å². The van der Waals surface area contributed by atoms with Crippen molar-refractivity contribution < 1.29 is 13.6 Å². The molecule has 1 saturated heterocycles. The number of carbonyl (C=O) groups is 1. The van der Waals surface area contributed by atoms with Crippen molar-refractivity contribution in [1.29, 1.82) is 0 Å². The molecule has 1 aliphatic rings. The molecular formula is C23H27FN4O2. The summed E-state index contributed by atoms with van der Waals surface area (Å²) >= 11 is 0. The Balaban J connectivity index is 1.68. The zero-order chi connectivity index (χ0) is 21.5. The first-order valence-electron chi connectivity index (χ1n) is 10.1. The van der Waals surface area contributed by atoms with Crippen molar-refractivity contribution in [3.8, 4) is 0 Å². The topological polar surface area (TPSA) is 85.2 Å². The number of rotatable bonds is 8. The van der Waals surface area contributed by atoms with Gasteiger partial charge in [0.1, 0.15) is 11.9 Å². The van der Waals surface area contributed by atoms with E-state index in [2.05, 4.69) is 16.8 Å². The predicted octanol–water partition coefficient (Wildman–Crippen LogP) is 3.98. The number of halogens is 1. The molecular weight excluding hydrogens is 383 g/mol. The quantitative estimate of drug-likeness (QED) is 0.666. The summed E-state index contributed by atoms with van der Waals surface area (Å²) in [6, 6.07) is 5.75. The van der Waals surface area contributed by atoms with Crippen LogP contribution in [-0.4, -0.2) is 33.6 Å². The average molecular weight is 410 g/mol. The van der Waals surface area contributed by atoms with E-state index in [1.54, 1.807) is 35.3 Å². The highest BCUT2D eigenvalue weighted by Gasteiger charge is 2.34. The van der Waals surface area contributed by atoms with E-state index < -0.39 is 6.04 Å². The van der Waals surface area contributed by atoms with Crippen molar-refractivity contribution in [3.63, 3.8) is 0 Å². The SMILES string of the molecule is C=CC=C(C=CC)c1nnc(C2CCCN2C(=O)CC(N)Cc2ccccc2F)o1. The van der Waals surface area contributed by atoms with E-state index in [1.165, 1.54) is 6.07 Å². The zero-order valence-electron chi connectivity index (χ0n) is 17.1. The van der Waals surface area contributed by atoms with Gasteiger partial charge in [0.25, 0.3) is 0 Å². The van der Waals surface area contributed by atoms with Crippen LogP contribution >= 0.6 is 0 Å². The Morgan fingerprint density at radius 2 is 2.23 bits per heavy atom. The lowest BCUT2D eigenvalue weighted by Gasteiger charge is -2.23. The molecule has 1 aromatic carbocycles. The van der Waals surface area contributed by atoms with E-state index in [-0.39, 0.29) is 24.2 Å². The minimum absolute atomic E-state index is 0.0867. The Morgan fingerprint density at radius 1 is 1.43 bits per heavy atom. The van der Waals surface area contributed by atoms with Crippen molar-refractivity contribution in [3.05, 3.63) is 78.3 Å². The van der Waals surface area contributed by atoms with Gasteiger partial charge < -0.3 is 15.1 Å². The van der Waals surface area contributed by atoms with Crippen LogP contribution in [0.1, 0.15) is 49.6 Å². The fourth-order valence-corrected chi connectivity index (χ4v) is 3.67. The molecule has 7 heteroatoms. The molecule has 2 aromatic rings. The van der Waals surface area contributed by atoms with Crippen LogP contribution in [0.2, 0.25) is 0 Å². The zero-order valence-corrected chi connectivity index (χ0v) is 17.1. The normalized spacial score (nSPS) is 18.2. The third-order valence-corrected chi connectivity index (χ3v) is 5.07. The molecule has 1 aromatic heterocycles. The minimum Gasteiger partial charge on any atom is -0.418 e. The second-order valence-electron chi connectivity index (χ2n) is 7.31. The molecule has 1 fully saturated rings. The summed E-state index contributed by atoms with van der Waals surface area (Å²) in [5, 5.41) is 8.30. The highest BCUT2D eigenvalue weighted by atomic mass is 19.1. The number of likely N-dealkylation sites (tertiary alicyclic amines) is 1. The molecule has 158 valence electrons. The smallest absolute Gasteiger partial charge is 0.247 e. The number of nitrogens with two attached hydrogens (primary N) is 1. The lowest BCUT2D eigenvalue weighted by molar-refractivity contribution is -0.132. The van der Waals surface area contributed by atoms with E-state index in [9.17, 15) is 9.18 Å². The number of amides is 1. The van der Waals surface area contributed by atoms with Crippen LogP contribution in [0.15, 0.2) is 59.6 Å². The fourth-order valence-electron chi connectivity index (χ4n) is 3.67. The number of hydrogen-bond donors (Lipinski definition) is 1. The standard InChI is InChI=1S/C23H27FN4O2/c1-3-8-16(9-4-2)22-26-27-23(30-22)20-12-7-13-28(20)21(29)15-18(25)14-17-10-5-6-11-19(17)24/h3-6,8-11,18,20H,1,7,12-15,25H2,2H3. The molecule has 0 bridgehead atoms. The fraction of sp³-hybridized carbons (Fsp3) is 0.348. The van der Waals surface area contributed by atoms with Crippen LogP contribution in [0.25, 0.3) is 5.57 Å². The minimum atomic E-state index is -0.467. The molecule has 0 saturated carbocycles. The Bertz CT molecular complexity index is 950. The molecule has 1 amide bonds. The Morgan fingerprint density at radius 3 is 2.97 bits per heavy atom. The largest absolute Gasteiger partial charge is 0.418 e. The van der Waals surface area contributed by atoms with Gasteiger partial charge in [0.2, 0.25) is 17.7 Å². The number of aromatic nitrogens is 2. The summed E-state index contributed by atoms with van der Waals surface area (Å²) in [6.07, 6.45) is 9.21. The highest BCUT2D eigenvalue weighted by Crippen LogP contribution is 2.32. The van der Waals surface area contributed by atoms with Gasteiger partial charge in [0.05, 0.1) is 0 Å². The molecule has 2 heterocycles. The second-order valence-corrected chi connectivity index (χ2v) is 7.31. The number of nitrogens with zero attached hydrogens (tertiary/aromatic N) is 3. The summed E-state index contributed by atoms with van der Waals surface area (Å²) in [7, 11) is 0. The molecule has 2 atom stereocenters. The van der Waals surface area contributed by atoms with Gasteiger partial charge in [-0.3, -0.25) is 4.79 Å². The summed E-state index contributed by atoms with van der Waals surface area (Å²) in [5.74, 6) is 0.412. The van der Waals surface area contributed by atoms with Gasteiger partial charge >= 0.3 is 0 Å². The summed E-state index contributed by atoms with van der Waals surface area (Å²) in [5.41, 5.74) is 7.42. The van der Waals surface area contributed by atoms with Crippen LogP contribution in [0.3, 0.4) is 0 Å². The Hall–Kier alpha value is -3.06. The van der Waals surface area contributed by atoms with Crippen molar-refractivity contribution >= 4 is 11.5 Å². The maximum absolute atomic E-state index is 13.9. The van der Waals surface area contributed by atoms with E-state index in [0.717, 1.165) is 18.4 Å². The molecule has 0 aliphatic carbocycles. The van der Waals surface area contributed by atoms with Crippen LogP contribution < -0.4 is 5.73 Å². The van der Waals surface area contributed by atoms with Gasteiger partial charge in [0.15, 0.2) is 0 Å². The van der Waals surface area contributed by atoms with Crippen LogP contribution in [0.5, 0.6) is 0 Å². The molecule has 2 N–H and O–H groups in total. The first-order valence-corrected chi connectivity index (χ1v) is 10.1. The molecule has 30 heavy (non-hydrogen) atoms. The first-order chi connectivity index (χ1) is 14.5. The summed E-state index contributed by atoms with van der Waals surface area (Å²) in [4.78, 5) is 14.6. The van der Waals surface area contributed by atoms with Crippen molar-refractivity contribution in [1.82, 2.24) is 15.1 Å². The maximum Gasteiger partial charge on any atom is 0.247 e. The number of hydrogen-bond acceptors (Lipinski definition) is 5. The second kappa shape index (κ2) is 10.1. The predicted molar refractivity (Wildman–Crippen MR) is 114 cm³/mol. The molecule has 0 radical (unpaired) electrons. The van der Waals surface area contributed by atoms with Gasteiger partial charge in [-0.05, 0) is 37.8 Å². The average Bonchev–Trinajstić information content (AvgIpc) is 3.39. The van der Waals surface area contributed by atoms with Crippen molar-refractivity contribution in [2.75, 3.05) is 6.54 Å². The molecule has 3 rings (SSSR count). The third kappa shape index (κ3) is 5.10. The molecule has 1 aliphatic heterocycles. The summed E-state index contributed by atoms with van der Waals surface area (Å²) in [6.45, 7) is 6.21. The van der Waals surface area contributed by atoms with E-state index in [1.807, 2.05) is 19.1 Å². The summed E-state index contributed by atoms with van der Waals surface area (Å²) < 4.78 is 19.7. The van der Waals surface area contributed by atoms with E-state index in [4.69, 9.17) is 10.2 Å². The van der Waals surface area contributed by atoms with Gasteiger partial charge in [0, 0.05) is 24.6 Å². The number of allylic oxidation sites excluding steroid dienone is 5. The van der Waals surface area contributed by atoms with Gasteiger partial charge in [-0.25, -0.2) is 4.39 Å². The van der Waals surface area contributed by atoms with Crippen LogP contribution in [0.4, 0.5) is 4.39 Å². The van der Waals surface area contributed by atoms with E-state index in [0.29, 0.717) is 30.3 Å². The van der Waals surface area contributed by atoms with E-state index >= 15 is 0 Å². The molecule has 6 nitrogen and oxygen atoms in total. The number of benzene rings is 1. The third-order valence-electron chi connectivity index (χ3n) is 5.07. The van der Waals surface area contributed by atoms with Gasteiger partial charge in [-0.1, -0.05) is 49.1 Å². The molecule has 2 unspecified atom stereocenters. The van der Waals surface area contributed by atoms with Gasteiger partial charge in [-0.2, -0.15) is 0 Å². The van der Waals surface area contributed by atoms with Gasteiger partial charge in [-0.15, -0.1) is 10.2 Å². The lowest BCUT2D eigenvalue weighted by atomic mass is 10.0. The first kappa shape index (κ1) is 21.6. The highest BCUT2D eigenvalue weighted by molar-refractivity contribution is 5.77. The Kier molecular flexibility index (Phi) is 7.30. The van der Waals surface area contributed by atoms with Crippen LogP contribution in [-0.2, 0) is 11.2 Å². The lowest BCUT2D eigenvalue weighted by Crippen LogP contribution is -2.36. The van der Waals surface area contributed by atoms with Crippen LogP contribution in [0, 0.1) is 5.82 Å². The van der Waals surface area contributed by atoms with Crippen molar-refractivity contribution in [2.24, 2.45) is 5.73 Å².